The predicted octanol–water partition coefficient (Wildman–Crippen LogP) is 3.29. The van der Waals surface area contributed by atoms with Gasteiger partial charge in [0.2, 0.25) is 0 Å². The number of carbonyl (C=O) groups excluding carboxylic acids is 1. The van der Waals surface area contributed by atoms with Gasteiger partial charge in [0, 0.05) is 5.56 Å². The second kappa shape index (κ2) is 5.24. The van der Waals surface area contributed by atoms with Crippen LogP contribution in [-0.2, 0) is 4.79 Å². The molecule has 3 nitrogen and oxygen atoms in total. The number of nitrogens with zero attached hydrogens (tertiary/aromatic N) is 1. The first-order chi connectivity index (χ1) is 9.99. The third-order valence-electron chi connectivity index (χ3n) is 4.79. The normalized spacial score (nSPS) is 28.9. The van der Waals surface area contributed by atoms with E-state index < -0.39 is 5.66 Å². The molecule has 1 aliphatic carbocycles. The fourth-order valence-corrected chi connectivity index (χ4v) is 3.42. The molecule has 1 N–H and O–H groups in total. The summed E-state index contributed by atoms with van der Waals surface area (Å²) in [5, 5.41) is 3.03. The molecule has 1 aliphatic heterocycles. The third-order valence-corrected chi connectivity index (χ3v) is 4.79. The van der Waals surface area contributed by atoms with E-state index in [1.807, 2.05) is 0 Å². The van der Waals surface area contributed by atoms with Crippen LogP contribution < -0.4 is 5.32 Å². The first-order valence-corrected chi connectivity index (χ1v) is 7.67. The van der Waals surface area contributed by atoms with Gasteiger partial charge in [0.25, 0.3) is 5.91 Å². The predicted molar refractivity (Wildman–Crippen MR) is 80.6 cm³/mol. The zero-order chi connectivity index (χ0) is 15.0. The molecule has 0 aromatic heterocycles. The molecule has 21 heavy (non-hydrogen) atoms. The fourth-order valence-electron chi connectivity index (χ4n) is 3.42. The second-order valence-electron chi connectivity index (χ2n) is 6.54. The summed E-state index contributed by atoms with van der Waals surface area (Å²) >= 11 is 0. The summed E-state index contributed by atoms with van der Waals surface area (Å²) in [4.78, 5) is 16.9. The first-order valence-electron chi connectivity index (χ1n) is 7.67. The van der Waals surface area contributed by atoms with Crippen molar-refractivity contribution in [1.82, 2.24) is 5.32 Å². The van der Waals surface area contributed by atoms with Gasteiger partial charge in [-0.1, -0.05) is 26.0 Å². The minimum absolute atomic E-state index is 0.177. The summed E-state index contributed by atoms with van der Waals surface area (Å²) in [7, 11) is 0. The number of aliphatic imine (C=N–C) groups is 1. The molecule has 0 saturated heterocycles. The van der Waals surface area contributed by atoms with Gasteiger partial charge < -0.3 is 5.32 Å². The maximum atomic E-state index is 13.3. The second-order valence-corrected chi connectivity index (χ2v) is 6.54. The molecule has 1 aromatic rings. The van der Waals surface area contributed by atoms with E-state index in [-0.39, 0.29) is 11.7 Å². The van der Waals surface area contributed by atoms with Crippen LogP contribution in [0.4, 0.5) is 4.39 Å². The van der Waals surface area contributed by atoms with E-state index in [0.29, 0.717) is 23.1 Å². The topological polar surface area (TPSA) is 41.5 Å². The van der Waals surface area contributed by atoms with Crippen molar-refractivity contribution in [2.45, 2.75) is 45.2 Å². The summed E-state index contributed by atoms with van der Waals surface area (Å²) in [6, 6.07) is 6.10. The average molecular weight is 288 g/mol. The maximum absolute atomic E-state index is 13.3. The van der Waals surface area contributed by atoms with Gasteiger partial charge in [-0.15, -0.1) is 0 Å². The molecule has 1 spiro atoms. The van der Waals surface area contributed by atoms with Gasteiger partial charge in [0.15, 0.2) is 0 Å². The van der Waals surface area contributed by atoms with Crippen LogP contribution in [0.3, 0.4) is 0 Å². The van der Waals surface area contributed by atoms with Crippen LogP contribution in [0.25, 0.3) is 0 Å². The number of amides is 1. The fraction of sp³-hybridized carbons (Fsp3) is 0.529. The molecule has 3 rings (SSSR count). The highest BCUT2D eigenvalue weighted by atomic mass is 19.1. The Morgan fingerprint density at radius 2 is 2.05 bits per heavy atom. The Morgan fingerprint density at radius 3 is 2.67 bits per heavy atom. The Labute approximate surface area is 124 Å². The quantitative estimate of drug-likeness (QED) is 0.891. The molecule has 1 heterocycles. The minimum atomic E-state index is -0.454. The molecule has 0 unspecified atom stereocenters. The Kier molecular flexibility index (Phi) is 3.56. The van der Waals surface area contributed by atoms with Crippen molar-refractivity contribution in [1.29, 1.82) is 0 Å². The van der Waals surface area contributed by atoms with Crippen LogP contribution in [0.5, 0.6) is 0 Å². The molecule has 1 saturated carbocycles. The van der Waals surface area contributed by atoms with Gasteiger partial charge in [-0.25, -0.2) is 4.39 Å². The standard InChI is InChI=1S/C17H21FN2O/c1-11(2)12-6-8-17(9-7-12)19-15(16(21)20-17)13-4-3-5-14(18)10-13/h3-5,10-12H,6-9H2,1-2H3,(H,20,21). The zero-order valence-electron chi connectivity index (χ0n) is 12.5. The van der Waals surface area contributed by atoms with Gasteiger partial charge in [-0.05, 0) is 49.7 Å². The molecular formula is C17H21FN2O. The number of benzene rings is 1. The highest BCUT2D eigenvalue weighted by Gasteiger charge is 2.42. The zero-order valence-corrected chi connectivity index (χ0v) is 12.5. The maximum Gasteiger partial charge on any atom is 0.272 e. The third kappa shape index (κ3) is 2.71. The number of carbonyl (C=O) groups is 1. The lowest BCUT2D eigenvalue weighted by Crippen LogP contribution is -2.45. The van der Waals surface area contributed by atoms with E-state index in [1.54, 1.807) is 12.1 Å². The van der Waals surface area contributed by atoms with Crippen molar-refractivity contribution >= 4 is 11.6 Å². The number of hydrogen-bond acceptors (Lipinski definition) is 2. The van der Waals surface area contributed by atoms with Crippen LogP contribution in [-0.4, -0.2) is 17.3 Å². The van der Waals surface area contributed by atoms with Crippen LogP contribution in [0.1, 0.15) is 45.1 Å². The highest BCUT2D eigenvalue weighted by molar-refractivity contribution is 6.46. The molecule has 4 heteroatoms. The Morgan fingerprint density at radius 1 is 1.33 bits per heavy atom. The number of rotatable bonds is 2. The molecule has 1 amide bonds. The lowest BCUT2D eigenvalue weighted by Gasteiger charge is -2.36. The van der Waals surface area contributed by atoms with Crippen LogP contribution in [0.2, 0.25) is 0 Å². The molecular weight excluding hydrogens is 267 g/mol. The van der Waals surface area contributed by atoms with Crippen LogP contribution in [0.15, 0.2) is 29.3 Å². The summed E-state index contributed by atoms with van der Waals surface area (Å²) in [6.07, 6.45) is 3.91. The number of halogens is 1. The summed E-state index contributed by atoms with van der Waals surface area (Å²) in [6.45, 7) is 4.49. The Hall–Kier alpha value is -1.71. The number of hydrogen-bond donors (Lipinski definition) is 1. The minimum Gasteiger partial charge on any atom is -0.326 e. The average Bonchev–Trinajstić information content (AvgIpc) is 2.76. The van der Waals surface area contributed by atoms with Gasteiger partial charge in [-0.3, -0.25) is 9.79 Å². The van der Waals surface area contributed by atoms with E-state index in [2.05, 4.69) is 24.2 Å². The van der Waals surface area contributed by atoms with E-state index in [1.165, 1.54) is 12.1 Å². The van der Waals surface area contributed by atoms with E-state index in [4.69, 9.17) is 0 Å². The Balaban J connectivity index is 1.83. The molecule has 2 aliphatic rings. The SMILES string of the molecule is CC(C)C1CCC2(CC1)N=C(c1cccc(F)c1)C(=O)N2. The summed E-state index contributed by atoms with van der Waals surface area (Å²) in [5.74, 6) is 0.864. The summed E-state index contributed by atoms with van der Waals surface area (Å²) < 4.78 is 13.3. The smallest absolute Gasteiger partial charge is 0.272 e. The summed E-state index contributed by atoms with van der Waals surface area (Å²) in [5.41, 5.74) is 0.484. The van der Waals surface area contributed by atoms with Gasteiger partial charge in [0.05, 0.1) is 0 Å². The monoisotopic (exact) mass is 288 g/mol. The lowest BCUT2D eigenvalue weighted by molar-refractivity contribution is -0.115. The van der Waals surface area contributed by atoms with Crippen LogP contribution >= 0.6 is 0 Å². The van der Waals surface area contributed by atoms with Crippen molar-refractivity contribution in [3.8, 4) is 0 Å². The molecule has 1 fully saturated rings. The van der Waals surface area contributed by atoms with E-state index in [0.717, 1.165) is 25.7 Å². The van der Waals surface area contributed by atoms with Gasteiger partial charge in [-0.2, -0.15) is 0 Å². The number of nitrogens with one attached hydrogen (secondary N) is 1. The van der Waals surface area contributed by atoms with Crippen molar-refractivity contribution < 1.29 is 9.18 Å². The van der Waals surface area contributed by atoms with Crippen LogP contribution in [0, 0.1) is 17.7 Å². The van der Waals surface area contributed by atoms with Crippen molar-refractivity contribution in [3.05, 3.63) is 35.6 Å². The molecule has 112 valence electrons. The van der Waals surface area contributed by atoms with E-state index >= 15 is 0 Å². The van der Waals surface area contributed by atoms with Gasteiger partial charge in [0.1, 0.15) is 17.2 Å². The molecule has 0 bridgehead atoms. The largest absolute Gasteiger partial charge is 0.326 e. The highest BCUT2D eigenvalue weighted by Crippen LogP contribution is 2.38. The van der Waals surface area contributed by atoms with Crippen molar-refractivity contribution in [2.24, 2.45) is 16.8 Å². The van der Waals surface area contributed by atoms with E-state index in [9.17, 15) is 9.18 Å². The van der Waals surface area contributed by atoms with Crippen molar-refractivity contribution in [2.75, 3.05) is 0 Å². The molecule has 1 aromatic carbocycles. The molecule has 0 radical (unpaired) electrons. The van der Waals surface area contributed by atoms with Crippen molar-refractivity contribution in [3.63, 3.8) is 0 Å². The lowest BCUT2D eigenvalue weighted by atomic mass is 9.77. The first kappa shape index (κ1) is 14.2. The molecule has 0 atom stereocenters. The Bertz CT molecular complexity index is 586. The van der Waals surface area contributed by atoms with Gasteiger partial charge >= 0.3 is 0 Å².